The minimum atomic E-state index is -3.35. The van der Waals surface area contributed by atoms with Gasteiger partial charge in [0.2, 0.25) is 10.0 Å². The molecule has 0 aliphatic carbocycles. The van der Waals surface area contributed by atoms with Crippen molar-refractivity contribution in [2.24, 2.45) is 0 Å². The first-order chi connectivity index (χ1) is 12.7. The zero-order valence-corrected chi connectivity index (χ0v) is 16.2. The number of Topliss-reactive ketones (excluding diaryl/α,β-unsaturated/α-hetero) is 1. The third-order valence-electron chi connectivity index (χ3n) is 3.74. The van der Waals surface area contributed by atoms with Crippen molar-refractivity contribution in [3.05, 3.63) is 54.1 Å². The van der Waals surface area contributed by atoms with E-state index in [4.69, 9.17) is 4.74 Å². The molecule has 0 aromatic heterocycles. The van der Waals surface area contributed by atoms with Crippen molar-refractivity contribution in [3.63, 3.8) is 0 Å². The fourth-order valence-electron chi connectivity index (χ4n) is 2.48. The summed E-state index contributed by atoms with van der Waals surface area (Å²) in [6, 6.07) is 13.1. The van der Waals surface area contributed by atoms with Gasteiger partial charge in [-0.05, 0) is 50.2 Å². The van der Waals surface area contributed by atoms with Gasteiger partial charge in [0.25, 0.3) is 5.91 Å². The number of ketones is 1. The highest BCUT2D eigenvalue weighted by molar-refractivity contribution is 7.92. The van der Waals surface area contributed by atoms with Crippen molar-refractivity contribution in [2.45, 2.75) is 13.8 Å². The van der Waals surface area contributed by atoms with E-state index in [2.05, 4.69) is 5.32 Å². The molecule has 144 valence electrons. The molecule has 1 N–H and O–H groups in total. The summed E-state index contributed by atoms with van der Waals surface area (Å²) >= 11 is 0. The fraction of sp³-hybridized carbons (Fsp3) is 0.263. The molecule has 0 atom stereocenters. The Bertz CT molecular complexity index is 923. The number of carbonyl (C=O) groups excluding carboxylic acids is 2. The number of benzene rings is 2. The summed E-state index contributed by atoms with van der Waals surface area (Å²) in [5, 5.41) is 2.66. The van der Waals surface area contributed by atoms with Gasteiger partial charge in [0, 0.05) is 17.8 Å². The second kappa shape index (κ2) is 8.68. The third kappa shape index (κ3) is 5.82. The Balaban J connectivity index is 1.95. The lowest BCUT2D eigenvalue weighted by atomic mass is 10.1. The number of hydrogen-bond acceptors (Lipinski definition) is 5. The topological polar surface area (TPSA) is 92.8 Å². The molecule has 0 spiro atoms. The average molecular weight is 390 g/mol. The number of rotatable bonds is 8. The highest BCUT2D eigenvalue weighted by Crippen LogP contribution is 2.21. The molecule has 27 heavy (non-hydrogen) atoms. The molecule has 1 amide bonds. The normalized spacial score (nSPS) is 10.9. The van der Waals surface area contributed by atoms with Crippen LogP contribution in [0.5, 0.6) is 5.75 Å². The average Bonchev–Trinajstić information content (AvgIpc) is 2.60. The molecule has 8 heteroatoms. The summed E-state index contributed by atoms with van der Waals surface area (Å²) < 4.78 is 30.1. The third-order valence-corrected chi connectivity index (χ3v) is 5.00. The van der Waals surface area contributed by atoms with Gasteiger partial charge in [-0.15, -0.1) is 0 Å². The Morgan fingerprint density at radius 2 is 1.78 bits per heavy atom. The van der Waals surface area contributed by atoms with E-state index in [0.29, 0.717) is 29.2 Å². The molecule has 0 bridgehead atoms. The predicted octanol–water partition coefficient (Wildman–Crippen LogP) is 2.69. The molecule has 0 heterocycles. The molecule has 2 aromatic carbocycles. The monoisotopic (exact) mass is 390 g/mol. The van der Waals surface area contributed by atoms with Crippen LogP contribution in [0, 0.1) is 0 Å². The zero-order valence-electron chi connectivity index (χ0n) is 15.4. The number of carbonyl (C=O) groups is 2. The van der Waals surface area contributed by atoms with Crippen LogP contribution in [0.25, 0.3) is 0 Å². The van der Waals surface area contributed by atoms with Crippen LogP contribution in [-0.4, -0.2) is 39.5 Å². The molecule has 0 saturated carbocycles. The van der Waals surface area contributed by atoms with E-state index in [1.807, 2.05) is 0 Å². The number of hydrogen-bond donors (Lipinski definition) is 1. The highest BCUT2D eigenvalue weighted by Gasteiger charge is 2.15. The van der Waals surface area contributed by atoms with Crippen LogP contribution >= 0.6 is 0 Å². The van der Waals surface area contributed by atoms with Gasteiger partial charge in [-0.25, -0.2) is 8.42 Å². The molecule has 2 rings (SSSR count). The van der Waals surface area contributed by atoms with E-state index in [0.717, 1.165) is 6.26 Å². The van der Waals surface area contributed by atoms with E-state index in [9.17, 15) is 18.0 Å². The van der Waals surface area contributed by atoms with Gasteiger partial charge in [-0.2, -0.15) is 0 Å². The van der Waals surface area contributed by atoms with Gasteiger partial charge >= 0.3 is 0 Å². The van der Waals surface area contributed by atoms with Crippen molar-refractivity contribution in [1.29, 1.82) is 0 Å². The van der Waals surface area contributed by atoms with Gasteiger partial charge in [0.1, 0.15) is 5.75 Å². The summed E-state index contributed by atoms with van der Waals surface area (Å²) in [5.74, 6) is -0.0142. The standard InChI is InChI=1S/C19H22N2O5S/c1-4-21(27(3,24)25)17-8-10-18(11-9-17)26-13-19(23)20-16-7-5-6-15(12-16)14(2)22/h5-12H,4,13H2,1-3H3,(H,20,23). The van der Waals surface area contributed by atoms with Crippen LogP contribution in [0.2, 0.25) is 0 Å². The summed E-state index contributed by atoms with van der Waals surface area (Å²) in [5.41, 5.74) is 1.55. The Labute approximate surface area is 159 Å². The molecular weight excluding hydrogens is 368 g/mol. The molecule has 0 unspecified atom stereocenters. The van der Waals surface area contributed by atoms with Crippen molar-refractivity contribution < 1.29 is 22.7 Å². The molecule has 0 radical (unpaired) electrons. The second-order valence-electron chi connectivity index (χ2n) is 5.90. The van der Waals surface area contributed by atoms with Crippen LogP contribution in [0.1, 0.15) is 24.2 Å². The van der Waals surface area contributed by atoms with Gasteiger partial charge in [0.05, 0.1) is 11.9 Å². The van der Waals surface area contributed by atoms with Crippen molar-refractivity contribution in [1.82, 2.24) is 0 Å². The SMILES string of the molecule is CCN(c1ccc(OCC(=O)Nc2cccc(C(C)=O)c2)cc1)S(C)(=O)=O. The molecule has 2 aromatic rings. The summed E-state index contributed by atoms with van der Waals surface area (Å²) in [6.07, 6.45) is 1.15. The van der Waals surface area contributed by atoms with Gasteiger partial charge in [-0.1, -0.05) is 12.1 Å². The zero-order chi connectivity index (χ0) is 20.0. The lowest BCUT2D eigenvalue weighted by Gasteiger charge is -2.20. The quantitative estimate of drug-likeness (QED) is 0.700. The van der Waals surface area contributed by atoms with E-state index in [-0.39, 0.29) is 18.3 Å². The Kier molecular flexibility index (Phi) is 6.57. The van der Waals surface area contributed by atoms with Crippen LogP contribution < -0.4 is 14.4 Å². The first kappa shape index (κ1) is 20.4. The van der Waals surface area contributed by atoms with E-state index in [1.54, 1.807) is 55.5 Å². The Hall–Kier alpha value is -2.87. The van der Waals surface area contributed by atoms with E-state index in [1.165, 1.54) is 11.2 Å². The molecule has 0 saturated heterocycles. The number of nitrogens with zero attached hydrogens (tertiary/aromatic N) is 1. The fourth-order valence-corrected chi connectivity index (χ4v) is 3.45. The first-order valence-electron chi connectivity index (χ1n) is 8.32. The summed E-state index contributed by atoms with van der Waals surface area (Å²) in [7, 11) is -3.35. The number of nitrogens with one attached hydrogen (secondary N) is 1. The predicted molar refractivity (Wildman–Crippen MR) is 105 cm³/mol. The molecular formula is C19H22N2O5S. The van der Waals surface area contributed by atoms with Crippen LogP contribution in [0.3, 0.4) is 0 Å². The van der Waals surface area contributed by atoms with Gasteiger partial charge in [0.15, 0.2) is 12.4 Å². The van der Waals surface area contributed by atoms with Gasteiger partial charge < -0.3 is 10.1 Å². The van der Waals surface area contributed by atoms with Crippen LogP contribution in [-0.2, 0) is 14.8 Å². The maximum Gasteiger partial charge on any atom is 0.262 e. The minimum Gasteiger partial charge on any atom is -0.484 e. The number of anilines is 2. The van der Waals surface area contributed by atoms with Crippen molar-refractivity contribution in [2.75, 3.05) is 29.0 Å². The first-order valence-corrected chi connectivity index (χ1v) is 10.2. The highest BCUT2D eigenvalue weighted by atomic mass is 32.2. The number of ether oxygens (including phenoxy) is 1. The smallest absolute Gasteiger partial charge is 0.262 e. The molecule has 7 nitrogen and oxygen atoms in total. The molecule has 0 fully saturated rings. The Morgan fingerprint density at radius 3 is 2.33 bits per heavy atom. The lowest BCUT2D eigenvalue weighted by Crippen LogP contribution is -2.29. The minimum absolute atomic E-state index is 0.0855. The molecule has 0 aliphatic rings. The maximum atomic E-state index is 12.0. The largest absolute Gasteiger partial charge is 0.484 e. The molecule has 0 aliphatic heterocycles. The van der Waals surface area contributed by atoms with Crippen LogP contribution in [0.4, 0.5) is 11.4 Å². The van der Waals surface area contributed by atoms with E-state index >= 15 is 0 Å². The summed E-state index contributed by atoms with van der Waals surface area (Å²) in [6.45, 7) is 3.31. The van der Waals surface area contributed by atoms with Gasteiger partial charge in [-0.3, -0.25) is 13.9 Å². The van der Waals surface area contributed by atoms with Crippen molar-refractivity contribution >= 4 is 33.1 Å². The van der Waals surface area contributed by atoms with Crippen molar-refractivity contribution in [3.8, 4) is 5.75 Å². The maximum absolute atomic E-state index is 12.0. The van der Waals surface area contributed by atoms with E-state index < -0.39 is 10.0 Å². The Morgan fingerprint density at radius 1 is 1.11 bits per heavy atom. The number of amides is 1. The van der Waals surface area contributed by atoms with Crippen LogP contribution in [0.15, 0.2) is 48.5 Å². The lowest BCUT2D eigenvalue weighted by molar-refractivity contribution is -0.118. The second-order valence-corrected chi connectivity index (χ2v) is 7.80. The summed E-state index contributed by atoms with van der Waals surface area (Å²) in [4.78, 5) is 23.4. The number of sulfonamides is 1.